The lowest BCUT2D eigenvalue weighted by Crippen LogP contribution is -2.15. The quantitative estimate of drug-likeness (QED) is 0.398. The van der Waals surface area contributed by atoms with Gasteiger partial charge in [0.2, 0.25) is 5.91 Å². The highest BCUT2D eigenvalue weighted by Crippen LogP contribution is 2.21. The lowest BCUT2D eigenvalue weighted by molar-refractivity contribution is -0.113. The van der Waals surface area contributed by atoms with Crippen molar-refractivity contribution in [2.75, 3.05) is 23.5 Å². The summed E-state index contributed by atoms with van der Waals surface area (Å²) in [7, 11) is 1.57. The second-order valence-corrected chi connectivity index (χ2v) is 8.05. The zero-order valence-electron chi connectivity index (χ0n) is 17.8. The molecule has 2 N–H and O–H groups in total. The number of rotatable bonds is 7. The third-order valence-electron chi connectivity index (χ3n) is 4.79. The van der Waals surface area contributed by atoms with Crippen molar-refractivity contribution in [2.24, 2.45) is 0 Å². The van der Waals surface area contributed by atoms with Gasteiger partial charge in [-0.2, -0.15) is 0 Å². The van der Waals surface area contributed by atoms with E-state index in [9.17, 15) is 14.0 Å². The molecule has 168 valence electrons. The van der Waals surface area contributed by atoms with E-state index in [0.29, 0.717) is 33.5 Å². The number of hydrogen-bond donors (Lipinski definition) is 2. The molecule has 8 nitrogen and oxygen atoms in total. The fourth-order valence-corrected chi connectivity index (χ4v) is 3.74. The van der Waals surface area contributed by atoms with Crippen molar-refractivity contribution in [1.82, 2.24) is 14.6 Å². The lowest BCUT2D eigenvalue weighted by atomic mass is 10.2. The second kappa shape index (κ2) is 9.70. The Kier molecular flexibility index (Phi) is 6.55. The summed E-state index contributed by atoms with van der Waals surface area (Å²) in [5.74, 6) is -0.298. The Morgan fingerprint density at radius 2 is 1.85 bits per heavy atom. The first-order valence-corrected chi connectivity index (χ1v) is 10.9. The lowest BCUT2D eigenvalue weighted by Gasteiger charge is -2.08. The Bertz CT molecular complexity index is 1320. The zero-order chi connectivity index (χ0) is 23.4. The van der Waals surface area contributed by atoms with Crippen molar-refractivity contribution < 1.29 is 18.7 Å². The van der Waals surface area contributed by atoms with Gasteiger partial charge in [0.15, 0.2) is 10.8 Å². The molecule has 0 saturated carbocycles. The van der Waals surface area contributed by atoms with E-state index in [4.69, 9.17) is 4.74 Å². The molecule has 4 rings (SSSR count). The highest BCUT2D eigenvalue weighted by Gasteiger charge is 2.14. The summed E-state index contributed by atoms with van der Waals surface area (Å²) >= 11 is 1.16. The molecule has 0 radical (unpaired) electrons. The van der Waals surface area contributed by atoms with Crippen LogP contribution in [0.4, 0.5) is 15.8 Å². The summed E-state index contributed by atoms with van der Waals surface area (Å²) in [6.45, 7) is 1.78. The molecule has 0 aliphatic heterocycles. The molecule has 2 aromatic heterocycles. The van der Waals surface area contributed by atoms with Crippen LogP contribution >= 0.6 is 11.8 Å². The van der Waals surface area contributed by atoms with Gasteiger partial charge in [0, 0.05) is 17.6 Å². The monoisotopic (exact) mass is 465 g/mol. The molecule has 0 fully saturated rings. The minimum absolute atomic E-state index is 0.0407. The fourth-order valence-electron chi connectivity index (χ4n) is 3.03. The van der Waals surface area contributed by atoms with Crippen molar-refractivity contribution in [2.45, 2.75) is 12.1 Å². The fraction of sp³-hybridized carbons (Fsp3) is 0.130. The van der Waals surface area contributed by atoms with Crippen LogP contribution in [-0.4, -0.2) is 39.3 Å². The van der Waals surface area contributed by atoms with Crippen molar-refractivity contribution in [3.05, 3.63) is 77.7 Å². The summed E-state index contributed by atoms with van der Waals surface area (Å²) in [5.41, 5.74) is 2.75. The number of methoxy groups -OCH3 is 1. The average Bonchev–Trinajstić information content (AvgIpc) is 3.23. The normalized spacial score (nSPS) is 10.8. The molecule has 33 heavy (non-hydrogen) atoms. The molecule has 0 saturated heterocycles. The number of benzene rings is 2. The minimum atomic E-state index is -0.424. The largest absolute Gasteiger partial charge is 0.497 e. The van der Waals surface area contributed by atoms with Crippen LogP contribution in [0.5, 0.6) is 5.75 Å². The molecule has 0 unspecified atom stereocenters. The Balaban J connectivity index is 1.44. The van der Waals surface area contributed by atoms with Crippen LogP contribution < -0.4 is 15.4 Å². The second-order valence-electron chi connectivity index (χ2n) is 7.11. The molecule has 0 spiro atoms. The molecule has 0 bridgehead atoms. The maximum atomic E-state index is 13.4. The van der Waals surface area contributed by atoms with Gasteiger partial charge in [0.25, 0.3) is 5.91 Å². The highest BCUT2D eigenvalue weighted by atomic mass is 32.2. The first kappa shape index (κ1) is 22.3. The van der Waals surface area contributed by atoms with Crippen LogP contribution in [0.3, 0.4) is 0 Å². The van der Waals surface area contributed by atoms with Gasteiger partial charge in [-0.15, -0.1) is 10.2 Å². The summed E-state index contributed by atoms with van der Waals surface area (Å²) in [6, 6.07) is 14.5. The van der Waals surface area contributed by atoms with E-state index in [-0.39, 0.29) is 17.6 Å². The van der Waals surface area contributed by atoms with Gasteiger partial charge >= 0.3 is 0 Å². The van der Waals surface area contributed by atoms with Crippen LogP contribution in [0.1, 0.15) is 15.9 Å². The number of carbonyl (C=O) groups is 2. The maximum Gasteiger partial charge on any atom is 0.257 e. The summed E-state index contributed by atoms with van der Waals surface area (Å²) in [6.07, 6.45) is 1.62. The summed E-state index contributed by atoms with van der Waals surface area (Å²) in [4.78, 5) is 25.0. The molecule has 0 atom stereocenters. The number of amides is 2. The minimum Gasteiger partial charge on any atom is -0.497 e. The van der Waals surface area contributed by atoms with Crippen molar-refractivity contribution >= 4 is 40.6 Å². The molecule has 2 aromatic carbocycles. The number of pyridine rings is 1. The Morgan fingerprint density at radius 3 is 2.61 bits per heavy atom. The smallest absolute Gasteiger partial charge is 0.257 e. The van der Waals surface area contributed by atoms with Crippen molar-refractivity contribution in [3.8, 4) is 5.75 Å². The number of hydrogen-bond acceptors (Lipinski definition) is 6. The van der Waals surface area contributed by atoms with E-state index in [0.717, 1.165) is 17.3 Å². The van der Waals surface area contributed by atoms with Gasteiger partial charge in [-0.05, 0) is 61.0 Å². The number of fused-ring (bicyclic) bond motifs is 1. The number of halogens is 1. The van der Waals surface area contributed by atoms with Gasteiger partial charge in [-0.25, -0.2) is 4.39 Å². The zero-order valence-corrected chi connectivity index (χ0v) is 18.6. The third-order valence-corrected chi connectivity index (χ3v) is 5.73. The van der Waals surface area contributed by atoms with Crippen LogP contribution in [0.2, 0.25) is 0 Å². The van der Waals surface area contributed by atoms with E-state index in [2.05, 4.69) is 20.8 Å². The molecular weight excluding hydrogens is 445 g/mol. The predicted octanol–water partition coefficient (Wildman–Crippen LogP) is 4.17. The van der Waals surface area contributed by atoms with Gasteiger partial charge in [-0.1, -0.05) is 17.8 Å². The topological polar surface area (TPSA) is 97.6 Å². The van der Waals surface area contributed by atoms with Crippen LogP contribution in [0.25, 0.3) is 5.65 Å². The van der Waals surface area contributed by atoms with E-state index in [1.807, 2.05) is 0 Å². The first-order chi connectivity index (χ1) is 15.9. The SMILES string of the molecule is COc1ccc(NC(=O)c2ccc3nnc(SCC(=O)Nc4cc(F)ccc4C)n3c2)cc1. The molecule has 10 heteroatoms. The average molecular weight is 466 g/mol. The van der Waals surface area contributed by atoms with Crippen LogP contribution in [-0.2, 0) is 4.79 Å². The number of nitrogens with one attached hydrogen (secondary N) is 2. The number of aromatic nitrogens is 3. The number of ether oxygens (including phenoxy) is 1. The van der Waals surface area contributed by atoms with Gasteiger partial charge in [-0.3, -0.25) is 14.0 Å². The predicted molar refractivity (Wildman–Crippen MR) is 124 cm³/mol. The maximum absolute atomic E-state index is 13.4. The molecule has 2 heterocycles. The van der Waals surface area contributed by atoms with Crippen molar-refractivity contribution in [1.29, 1.82) is 0 Å². The Labute approximate surface area is 193 Å². The molecule has 2 amide bonds. The van der Waals surface area contributed by atoms with E-state index < -0.39 is 5.82 Å². The standard InChI is InChI=1S/C23H20FN5O3S/c1-14-3-5-16(24)11-19(14)26-21(30)13-33-23-28-27-20-10-4-15(12-29(20)23)22(31)25-17-6-8-18(32-2)9-7-17/h3-12H,13H2,1-2H3,(H,25,31)(H,26,30). The number of carbonyl (C=O) groups excluding carboxylic acids is 2. The number of nitrogens with zero attached hydrogens (tertiary/aromatic N) is 3. The van der Waals surface area contributed by atoms with Gasteiger partial charge in [0.05, 0.1) is 18.4 Å². The van der Waals surface area contributed by atoms with E-state index in [1.165, 1.54) is 12.1 Å². The summed E-state index contributed by atoms with van der Waals surface area (Å²) < 4.78 is 20.2. The third kappa shape index (κ3) is 5.29. The van der Waals surface area contributed by atoms with Crippen LogP contribution in [0, 0.1) is 12.7 Å². The van der Waals surface area contributed by atoms with Crippen LogP contribution in [0.15, 0.2) is 66.0 Å². The van der Waals surface area contributed by atoms with E-state index >= 15 is 0 Å². The Morgan fingerprint density at radius 1 is 1.06 bits per heavy atom. The number of anilines is 2. The van der Waals surface area contributed by atoms with Crippen molar-refractivity contribution in [3.63, 3.8) is 0 Å². The van der Waals surface area contributed by atoms with Gasteiger partial charge < -0.3 is 15.4 Å². The highest BCUT2D eigenvalue weighted by molar-refractivity contribution is 7.99. The Hall–Kier alpha value is -3.92. The van der Waals surface area contributed by atoms with Gasteiger partial charge in [0.1, 0.15) is 11.6 Å². The molecular formula is C23H20FN5O3S. The molecule has 0 aliphatic carbocycles. The van der Waals surface area contributed by atoms with E-state index in [1.54, 1.807) is 67.1 Å². The number of aryl methyl sites for hydroxylation is 1. The first-order valence-electron chi connectivity index (χ1n) is 9.92. The molecule has 4 aromatic rings. The molecule has 0 aliphatic rings. The number of thioether (sulfide) groups is 1. The summed E-state index contributed by atoms with van der Waals surface area (Å²) in [5, 5.41) is 14.1.